The first-order valence-corrected chi connectivity index (χ1v) is 10.4. The summed E-state index contributed by atoms with van der Waals surface area (Å²) in [5.41, 5.74) is 1.98. The molecule has 3 heteroatoms. The highest BCUT2D eigenvalue weighted by molar-refractivity contribution is 6.76. The number of carbonyl (C=O) groups excluding carboxylic acids is 1. The van der Waals surface area contributed by atoms with E-state index in [0.29, 0.717) is 0 Å². The fraction of sp³-hybridized carbons (Fsp3) is 0.312. The molecule has 0 radical (unpaired) electrons. The van der Waals surface area contributed by atoms with E-state index < -0.39 is 8.07 Å². The van der Waals surface area contributed by atoms with Crippen LogP contribution in [0.2, 0.25) is 19.6 Å². The van der Waals surface area contributed by atoms with Gasteiger partial charge in [0.1, 0.15) is 0 Å². The maximum absolute atomic E-state index is 12.3. The zero-order valence-corrected chi connectivity index (χ0v) is 13.1. The molecule has 0 spiro atoms. The van der Waals surface area contributed by atoms with Crippen LogP contribution in [0.5, 0.6) is 0 Å². The van der Waals surface area contributed by atoms with Crippen LogP contribution in [0.3, 0.4) is 0 Å². The van der Waals surface area contributed by atoms with E-state index in [-0.39, 0.29) is 5.91 Å². The van der Waals surface area contributed by atoms with Crippen molar-refractivity contribution in [2.24, 2.45) is 0 Å². The molecular formula is C16H21NOSi. The van der Waals surface area contributed by atoms with Gasteiger partial charge in [-0.15, -0.1) is 0 Å². The molecule has 0 bridgehead atoms. The van der Waals surface area contributed by atoms with E-state index in [1.165, 1.54) is 5.56 Å². The van der Waals surface area contributed by atoms with Gasteiger partial charge in [-0.25, -0.2) is 0 Å². The number of hydrogen-bond acceptors (Lipinski definition) is 1. The van der Waals surface area contributed by atoms with Crippen LogP contribution in [0.15, 0.2) is 36.4 Å². The first kappa shape index (κ1) is 13.8. The molecule has 0 fully saturated rings. The van der Waals surface area contributed by atoms with Crippen LogP contribution >= 0.6 is 0 Å². The average molecular weight is 271 g/mol. The van der Waals surface area contributed by atoms with Gasteiger partial charge in [-0.1, -0.05) is 50.0 Å². The standard InChI is InChI=1S/C16H21NOSi/c1-12-9-10-15(14-8-6-5-7-13(12)14)16(18)17-11-19(2,3)4/h5-10H,11H2,1-4H3,(H,17,18). The highest BCUT2D eigenvalue weighted by Gasteiger charge is 2.16. The predicted molar refractivity (Wildman–Crippen MR) is 84.4 cm³/mol. The summed E-state index contributed by atoms with van der Waals surface area (Å²) < 4.78 is 0. The van der Waals surface area contributed by atoms with Gasteiger partial charge in [-0.3, -0.25) is 4.79 Å². The zero-order valence-electron chi connectivity index (χ0n) is 12.1. The van der Waals surface area contributed by atoms with Crippen molar-refractivity contribution >= 4 is 24.8 Å². The summed E-state index contributed by atoms with van der Waals surface area (Å²) in [6, 6.07) is 12.0. The first-order chi connectivity index (χ1) is 8.88. The van der Waals surface area contributed by atoms with Crippen molar-refractivity contribution in [1.82, 2.24) is 5.32 Å². The van der Waals surface area contributed by atoms with Crippen molar-refractivity contribution in [1.29, 1.82) is 0 Å². The Kier molecular flexibility index (Phi) is 3.76. The maximum Gasteiger partial charge on any atom is 0.251 e. The number of fused-ring (bicyclic) bond motifs is 1. The molecule has 2 nitrogen and oxygen atoms in total. The molecule has 0 heterocycles. The van der Waals surface area contributed by atoms with Gasteiger partial charge in [0.2, 0.25) is 0 Å². The Hall–Kier alpha value is -1.61. The lowest BCUT2D eigenvalue weighted by molar-refractivity contribution is 0.0961. The summed E-state index contributed by atoms with van der Waals surface area (Å²) in [6.45, 7) is 8.83. The Morgan fingerprint density at radius 1 is 1.05 bits per heavy atom. The van der Waals surface area contributed by atoms with Gasteiger partial charge < -0.3 is 5.32 Å². The molecule has 2 rings (SSSR count). The van der Waals surface area contributed by atoms with Crippen molar-refractivity contribution in [3.63, 3.8) is 0 Å². The van der Waals surface area contributed by atoms with E-state index in [4.69, 9.17) is 0 Å². The third-order valence-electron chi connectivity index (χ3n) is 3.17. The van der Waals surface area contributed by atoms with Crippen LogP contribution in [-0.4, -0.2) is 20.1 Å². The predicted octanol–water partition coefficient (Wildman–Crippen LogP) is 3.76. The second-order valence-corrected chi connectivity index (χ2v) is 11.7. The Bertz CT molecular complexity index is 614. The second-order valence-electron chi connectivity index (χ2n) is 6.22. The lowest BCUT2D eigenvalue weighted by atomic mass is 10.00. The minimum Gasteiger partial charge on any atom is -0.355 e. The molecule has 0 atom stereocenters. The fourth-order valence-electron chi connectivity index (χ4n) is 2.09. The van der Waals surface area contributed by atoms with Crippen molar-refractivity contribution in [3.8, 4) is 0 Å². The summed E-state index contributed by atoms with van der Waals surface area (Å²) in [4.78, 5) is 12.3. The summed E-state index contributed by atoms with van der Waals surface area (Å²) in [6.07, 6.45) is 0.814. The van der Waals surface area contributed by atoms with E-state index >= 15 is 0 Å². The van der Waals surface area contributed by atoms with E-state index in [1.807, 2.05) is 30.3 Å². The molecule has 0 saturated carbocycles. The number of nitrogens with one attached hydrogen (secondary N) is 1. The molecule has 0 aromatic heterocycles. The SMILES string of the molecule is Cc1ccc(C(=O)NC[Si](C)(C)C)c2ccccc12. The van der Waals surface area contributed by atoms with Crippen molar-refractivity contribution in [2.45, 2.75) is 26.6 Å². The Balaban J connectivity index is 2.35. The summed E-state index contributed by atoms with van der Waals surface area (Å²) >= 11 is 0. The van der Waals surface area contributed by atoms with Crippen LogP contribution in [0.4, 0.5) is 0 Å². The van der Waals surface area contributed by atoms with E-state index in [0.717, 1.165) is 22.5 Å². The normalized spacial score (nSPS) is 11.6. The van der Waals surface area contributed by atoms with Crippen LogP contribution in [0.1, 0.15) is 15.9 Å². The highest BCUT2D eigenvalue weighted by Crippen LogP contribution is 2.22. The van der Waals surface area contributed by atoms with Gasteiger partial charge in [-0.2, -0.15) is 0 Å². The molecule has 0 aliphatic heterocycles. The quantitative estimate of drug-likeness (QED) is 0.846. The number of amides is 1. The molecular weight excluding hydrogens is 250 g/mol. The molecule has 0 unspecified atom stereocenters. The van der Waals surface area contributed by atoms with Crippen LogP contribution < -0.4 is 5.32 Å². The van der Waals surface area contributed by atoms with Crippen LogP contribution in [0.25, 0.3) is 10.8 Å². The van der Waals surface area contributed by atoms with Gasteiger partial charge >= 0.3 is 0 Å². The average Bonchev–Trinajstić information content (AvgIpc) is 2.36. The Morgan fingerprint density at radius 2 is 1.68 bits per heavy atom. The molecule has 0 saturated heterocycles. The minimum atomic E-state index is -1.26. The maximum atomic E-state index is 12.3. The smallest absolute Gasteiger partial charge is 0.251 e. The molecule has 2 aromatic rings. The summed E-state index contributed by atoms with van der Waals surface area (Å²) in [5.74, 6) is 0.0404. The third-order valence-corrected chi connectivity index (χ3v) is 4.40. The lowest BCUT2D eigenvalue weighted by Gasteiger charge is -2.17. The van der Waals surface area contributed by atoms with Gasteiger partial charge in [0.05, 0.1) is 8.07 Å². The Morgan fingerprint density at radius 3 is 2.32 bits per heavy atom. The second kappa shape index (κ2) is 5.17. The number of carbonyl (C=O) groups is 1. The molecule has 100 valence electrons. The molecule has 2 aromatic carbocycles. The summed E-state index contributed by atoms with van der Waals surface area (Å²) in [7, 11) is -1.26. The van der Waals surface area contributed by atoms with E-state index in [9.17, 15) is 4.79 Å². The van der Waals surface area contributed by atoms with Crippen LogP contribution in [-0.2, 0) is 0 Å². The molecule has 19 heavy (non-hydrogen) atoms. The minimum absolute atomic E-state index is 0.0404. The highest BCUT2D eigenvalue weighted by atomic mass is 28.3. The van der Waals surface area contributed by atoms with Gasteiger partial charge in [0.15, 0.2) is 0 Å². The number of rotatable bonds is 3. The fourth-order valence-corrected chi connectivity index (χ4v) is 2.78. The van der Waals surface area contributed by atoms with E-state index in [1.54, 1.807) is 0 Å². The molecule has 1 N–H and O–H groups in total. The Labute approximate surface area is 115 Å². The van der Waals surface area contributed by atoms with Crippen molar-refractivity contribution in [2.75, 3.05) is 6.17 Å². The summed E-state index contributed by atoms with van der Waals surface area (Å²) in [5, 5.41) is 5.27. The number of aryl methyl sites for hydroxylation is 1. The molecule has 0 aliphatic rings. The van der Waals surface area contributed by atoms with Crippen LogP contribution in [0, 0.1) is 6.92 Å². The first-order valence-electron chi connectivity index (χ1n) is 6.65. The van der Waals surface area contributed by atoms with Gasteiger partial charge in [0.25, 0.3) is 5.91 Å². The third kappa shape index (κ3) is 3.23. The van der Waals surface area contributed by atoms with Gasteiger partial charge in [-0.05, 0) is 29.3 Å². The zero-order chi connectivity index (χ0) is 14.0. The lowest BCUT2D eigenvalue weighted by Crippen LogP contribution is -2.39. The largest absolute Gasteiger partial charge is 0.355 e. The van der Waals surface area contributed by atoms with E-state index in [2.05, 4.69) is 37.9 Å². The molecule has 1 amide bonds. The van der Waals surface area contributed by atoms with Gasteiger partial charge in [0, 0.05) is 11.7 Å². The van der Waals surface area contributed by atoms with Crippen molar-refractivity contribution < 1.29 is 4.79 Å². The van der Waals surface area contributed by atoms with Crippen molar-refractivity contribution in [3.05, 3.63) is 47.5 Å². The topological polar surface area (TPSA) is 29.1 Å². The monoisotopic (exact) mass is 271 g/mol. The number of hydrogen-bond donors (Lipinski definition) is 1. The molecule has 0 aliphatic carbocycles. The number of benzene rings is 2.